The predicted molar refractivity (Wildman–Crippen MR) is 85.5 cm³/mol. The first-order chi connectivity index (χ1) is 12.1. The molecular weight excluding hydrogens is 332 g/mol. The molecule has 11 nitrogen and oxygen atoms in total. The highest BCUT2D eigenvalue weighted by atomic mass is 16.6. The molecule has 25 heavy (non-hydrogen) atoms. The monoisotopic (exact) mass is 348 g/mol. The smallest absolute Gasteiger partial charge is 0.319 e. The van der Waals surface area contributed by atoms with E-state index in [-0.39, 0.29) is 24.6 Å². The van der Waals surface area contributed by atoms with Gasteiger partial charge < -0.3 is 31.2 Å². The Labute approximate surface area is 141 Å². The van der Waals surface area contributed by atoms with Gasteiger partial charge in [-0.15, -0.1) is 0 Å². The van der Waals surface area contributed by atoms with Gasteiger partial charge in [0.25, 0.3) is 5.91 Å². The summed E-state index contributed by atoms with van der Waals surface area (Å²) in [7, 11) is 0. The molecule has 5 N–H and O–H groups in total. The molecule has 132 valence electrons. The average molecular weight is 348 g/mol. The summed E-state index contributed by atoms with van der Waals surface area (Å²) in [6.07, 6.45) is 0. The first-order valence-electron chi connectivity index (χ1n) is 7.44. The number of ether oxygens (including phenoxy) is 2. The van der Waals surface area contributed by atoms with Gasteiger partial charge in [-0.25, -0.2) is 9.42 Å². The maximum atomic E-state index is 11.8. The molecule has 0 radical (unpaired) electrons. The number of nitrogens with one attached hydrogen (secondary N) is 3. The summed E-state index contributed by atoms with van der Waals surface area (Å²) in [4.78, 5) is 23.5. The van der Waals surface area contributed by atoms with Crippen molar-refractivity contribution in [1.82, 2.24) is 20.9 Å². The molecule has 1 aliphatic rings. The Morgan fingerprint density at radius 3 is 2.60 bits per heavy atom. The molecule has 0 spiro atoms. The molecule has 0 unspecified atom stereocenters. The number of carbonyl (C=O) groups is 2. The number of hydrogen-bond donors (Lipinski definition) is 4. The van der Waals surface area contributed by atoms with E-state index in [1.807, 2.05) is 0 Å². The summed E-state index contributed by atoms with van der Waals surface area (Å²) in [5, 5.41) is 14.5. The predicted octanol–water partition coefficient (Wildman–Crippen LogP) is -0.0255. The average Bonchev–Trinajstić information content (AvgIpc) is 3.04. The lowest BCUT2D eigenvalue weighted by Crippen LogP contribution is -2.37. The van der Waals surface area contributed by atoms with Crippen molar-refractivity contribution >= 4 is 23.4 Å². The van der Waals surface area contributed by atoms with E-state index in [0.29, 0.717) is 30.4 Å². The molecule has 0 saturated carbocycles. The Morgan fingerprint density at radius 1 is 1.08 bits per heavy atom. The van der Waals surface area contributed by atoms with Crippen LogP contribution in [0.25, 0.3) is 0 Å². The van der Waals surface area contributed by atoms with Crippen LogP contribution >= 0.6 is 0 Å². The Kier molecular flexibility index (Phi) is 4.83. The van der Waals surface area contributed by atoms with Crippen molar-refractivity contribution in [2.45, 2.75) is 0 Å². The van der Waals surface area contributed by atoms with Crippen LogP contribution in [-0.4, -0.2) is 48.6 Å². The fourth-order valence-electron chi connectivity index (χ4n) is 2.09. The first kappa shape index (κ1) is 16.4. The third-order valence-electron chi connectivity index (χ3n) is 3.23. The second-order valence-electron chi connectivity index (χ2n) is 4.99. The highest BCUT2D eigenvalue weighted by molar-refractivity contribution is 5.96. The van der Waals surface area contributed by atoms with Crippen molar-refractivity contribution in [3.8, 4) is 11.5 Å². The van der Waals surface area contributed by atoms with Crippen molar-refractivity contribution in [2.75, 3.05) is 37.4 Å². The Balaban J connectivity index is 1.41. The van der Waals surface area contributed by atoms with Crippen molar-refractivity contribution in [1.29, 1.82) is 0 Å². The number of nitrogens with zero attached hydrogens (tertiary/aromatic N) is 2. The van der Waals surface area contributed by atoms with Gasteiger partial charge >= 0.3 is 6.03 Å². The molecule has 0 fully saturated rings. The van der Waals surface area contributed by atoms with E-state index < -0.39 is 11.9 Å². The number of carbonyl (C=O) groups excluding carboxylic acids is 2. The molecule has 1 aromatic heterocycles. The van der Waals surface area contributed by atoms with Crippen LogP contribution in [-0.2, 0) is 0 Å². The van der Waals surface area contributed by atoms with Crippen molar-refractivity contribution in [2.24, 2.45) is 0 Å². The van der Waals surface area contributed by atoms with E-state index >= 15 is 0 Å². The van der Waals surface area contributed by atoms with Crippen LogP contribution in [0.2, 0.25) is 0 Å². The molecule has 0 aliphatic carbocycles. The summed E-state index contributed by atoms with van der Waals surface area (Å²) in [6.45, 7) is 1.35. The van der Waals surface area contributed by atoms with Gasteiger partial charge in [-0.05, 0) is 22.4 Å². The number of rotatable bonds is 5. The lowest BCUT2D eigenvalue weighted by molar-refractivity contribution is 0.0944. The minimum absolute atomic E-state index is 0.0955. The number of benzene rings is 1. The summed E-state index contributed by atoms with van der Waals surface area (Å²) < 4.78 is 15.2. The molecule has 2 aromatic rings. The quantitative estimate of drug-likeness (QED) is 0.550. The summed E-state index contributed by atoms with van der Waals surface area (Å²) in [5.74, 6) is 0.589. The molecule has 2 heterocycles. The Hall–Kier alpha value is -3.50. The van der Waals surface area contributed by atoms with E-state index in [1.54, 1.807) is 18.2 Å². The fourth-order valence-corrected chi connectivity index (χ4v) is 2.09. The van der Waals surface area contributed by atoms with Crippen LogP contribution in [0, 0.1) is 0 Å². The zero-order valence-corrected chi connectivity index (χ0v) is 13.1. The van der Waals surface area contributed by atoms with Gasteiger partial charge in [-0.3, -0.25) is 4.79 Å². The lowest BCUT2D eigenvalue weighted by Gasteiger charge is -2.19. The van der Waals surface area contributed by atoms with Gasteiger partial charge in [-0.2, -0.15) is 0 Å². The van der Waals surface area contributed by atoms with E-state index in [2.05, 4.69) is 30.9 Å². The van der Waals surface area contributed by atoms with E-state index in [0.717, 1.165) is 0 Å². The van der Waals surface area contributed by atoms with E-state index in [9.17, 15) is 9.59 Å². The maximum Gasteiger partial charge on any atom is 0.319 e. The van der Waals surface area contributed by atoms with Gasteiger partial charge in [0.1, 0.15) is 13.2 Å². The van der Waals surface area contributed by atoms with Crippen LogP contribution in [0.15, 0.2) is 22.8 Å². The third-order valence-corrected chi connectivity index (χ3v) is 3.23. The fraction of sp³-hybridized carbons (Fsp3) is 0.286. The van der Waals surface area contributed by atoms with E-state index in [4.69, 9.17) is 15.2 Å². The van der Waals surface area contributed by atoms with Crippen molar-refractivity contribution < 1.29 is 23.7 Å². The van der Waals surface area contributed by atoms with Gasteiger partial charge in [0, 0.05) is 24.8 Å². The molecular formula is C14H16N6O5. The number of nitrogen functional groups attached to an aromatic ring is 1. The zero-order chi connectivity index (χ0) is 17.6. The molecule has 1 aliphatic heterocycles. The summed E-state index contributed by atoms with van der Waals surface area (Å²) >= 11 is 0. The van der Waals surface area contributed by atoms with Gasteiger partial charge in [0.05, 0.1) is 0 Å². The normalized spacial score (nSPS) is 12.3. The largest absolute Gasteiger partial charge is 0.486 e. The maximum absolute atomic E-state index is 11.8. The van der Waals surface area contributed by atoms with Crippen LogP contribution in [0.3, 0.4) is 0 Å². The van der Waals surface area contributed by atoms with Crippen LogP contribution in [0.1, 0.15) is 10.5 Å². The van der Waals surface area contributed by atoms with Gasteiger partial charge in [-0.1, -0.05) is 0 Å². The molecule has 0 bridgehead atoms. The minimum atomic E-state index is -0.534. The van der Waals surface area contributed by atoms with Crippen LogP contribution in [0.4, 0.5) is 16.3 Å². The highest BCUT2D eigenvalue weighted by Gasteiger charge is 2.15. The van der Waals surface area contributed by atoms with Crippen molar-refractivity contribution in [3.05, 3.63) is 23.9 Å². The number of aromatic nitrogens is 2. The van der Waals surface area contributed by atoms with Gasteiger partial charge in [0.15, 0.2) is 11.5 Å². The number of fused-ring (bicyclic) bond motifs is 1. The number of amides is 3. The topological polar surface area (TPSA) is 154 Å². The Bertz CT molecular complexity index is 777. The zero-order valence-electron chi connectivity index (χ0n) is 13.1. The summed E-state index contributed by atoms with van der Waals surface area (Å²) in [6, 6.07) is 4.68. The van der Waals surface area contributed by atoms with Crippen LogP contribution in [0.5, 0.6) is 11.5 Å². The van der Waals surface area contributed by atoms with Crippen LogP contribution < -0.4 is 31.2 Å². The minimum Gasteiger partial charge on any atom is -0.486 e. The Morgan fingerprint density at radius 2 is 1.84 bits per heavy atom. The molecule has 0 saturated heterocycles. The standard InChI is InChI=1S/C14H16N6O5/c15-12-11(19-25-20-12)13(21)16-3-4-17-14(22)18-8-1-2-9-10(7-8)24-6-5-23-9/h1-2,7H,3-6H2,(H2,15,20)(H,16,21)(H2,17,18,22). The number of urea groups is 1. The SMILES string of the molecule is Nc1nonc1C(=O)NCCNC(=O)Nc1ccc2c(c1)OCCO2. The number of nitrogens with two attached hydrogens (primary N) is 1. The molecule has 0 atom stereocenters. The molecule has 11 heteroatoms. The number of anilines is 2. The second kappa shape index (κ2) is 7.38. The highest BCUT2D eigenvalue weighted by Crippen LogP contribution is 2.32. The third kappa shape index (κ3) is 4.07. The van der Waals surface area contributed by atoms with Gasteiger partial charge in [0.2, 0.25) is 11.5 Å². The molecule has 3 rings (SSSR count). The first-order valence-corrected chi connectivity index (χ1v) is 7.44. The summed E-state index contributed by atoms with van der Waals surface area (Å²) in [5.41, 5.74) is 5.87. The molecule has 3 amide bonds. The lowest BCUT2D eigenvalue weighted by atomic mass is 10.2. The van der Waals surface area contributed by atoms with E-state index in [1.165, 1.54) is 0 Å². The second-order valence-corrected chi connectivity index (χ2v) is 4.99. The molecule has 1 aromatic carbocycles. The van der Waals surface area contributed by atoms with Crippen molar-refractivity contribution in [3.63, 3.8) is 0 Å². The number of hydrogen-bond acceptors (Lipinski definition) is 8.